The predicted octanol–water partition coefficient (Wildman–Crippen LogP) is 0.279. The fourth-order valence-corrected chi connectivity index (χ4v) is 2.89. The van der Waals surface area contributed by atoms with E-state index in [2.05, 4.69) is 16.4 Å². The van der Waals surface area contributed by atoms with Crippen molar-refractivity contribution in [3.8, 4) is 6.07 Å². The number of nitriles is 1. The minimum atomic E-state index is -4.36. The molecule has 9 heteroatoms. The van der Waals surface area contributed by atoms with Crippen molar-refractivity contribution < 1.29 is 27.8 Å². The Balaban J connectivity index is 1.87. The molecule has 0 aromatic carbocycles. The number of anilines is 1. The van der Waals surface area contributed by atoms with Crippen molar-refractivity contribution in [2.45, 2.75) is 32.5 Å². The Hall–Kier alpha value is -2.34. The number of H-pyrrole nitrogens is 1. The van der Waals surface area contributed by atoms with Crippen LogP contribution in [0.25, 0.3) is 0 Å². The summed E-state index contributed by atoms with van der Waals surface area (Å²) in [6, 6.07) is 4.65. The van der Waals surface area contributed by atoms with Crippen molar-refractivity contribution in [2.75, 3.05) is 37.6 Å². The van der Waals surface area contributed by atoms with E-state index in [-0.39, 0.29) is 18.4 Å². The summed E-state index contributed by atoms with van der Waals surface area (Å²) in [6.07, 6.45) is -3.39. The summed E-state index contributed by atoms with van der Waals surface area (Å²) in [4.78, 5) is 18.0. The van der Waals surface area contributed by atoms with Crippen LogP contribution >= 0.6 is 0 Å². The van der Waals surface area contributed by atoms with E-state index in [0.29, 0.717) is 32.0 Å². The number of carbonyl (C=O) groups is 1. The number of halogens is 3. The van der Waals surface area contributed by atoms with Crippen LogP contribution in [0, 0.1) is 17.2 Å². The minimum Gasteiger partial charge on any atom is -0.333 e. The number of hydrogen-bond donors (Lipinski definition) is 2. The number of nitrogens with one attached hydrogen (secondary N) is 3. The number of nitrogens with zero attached hydrogens (tertiary/aromatic N) is 2. The Morgan fingerprint density at radius 1 is 1.37 bits per heavy atom. The summed E-state index contributed by atoms with van der Waals surface area (Å²) in [7, 11) is 0. The molecule has 1 aromatic heterocycles. The van der Waals surface area contributed by atoms with Crippen molar-refractivity contribution >= 4 is 11.7 Å². The van der Waals surface area contributed by atoms with E-state index in [4.69, 9.17) is 0 Å². The molecule has 1 saturated heterocycles. The highest BCUT2D eigenvalue weighted by atomic mass is 19.4. The van der Waals surface area contributed by atoms with Crippen molar-refractivity contribution in [2.24, 2.45) is 5.92 Å². The number of aromatic amines is 1. The molecular formula is C18H26F3N5O+2. The van der Waals surface area contributed by atoms with E-state index < -0.39 is 17.3 Å². The molecule has 148 valence electrons. The Bertz CT molecular complexity index is 690. The Labute approximate surface area is 157 Å². The molecular weight excluding hydrogens is 359 g/mol. The molecule has 2 heterocycles. The van der Waals surface area contributed by atoms with Crippen LogP contribution in [0.2, 0.25) is 0 Å². The lowest BCUT2D eigenvalue weighted by Gasteiger charge is -2.30. The van der Waals surface area contributed by atoms with Crippen LogP contribution in [0.5, 0.6) is 0 Å². The molecule has 0 bridgehead atoms. The average Bonchev–Trinajstić information content (AvgIpc) is 2.61. The lowest BCUT2D eigenvalue weighted by atomic mass is 9.90. The van der Waals surface area contributed by atoms with Crippen LogP contribution in [0.15, 0.2) is 18.3 Å². The molecule has 0 spiro atoms. The number of alkyl halides is 3. The fourth-order valence-electron chi connectivity index (χ4n) is 2.89. The maximum absolute atomic E-state index is 12.6. The van der Waals surface area contributed by atoms with Gasteiger partial charge in [-0.15, -0.1) is 0 Å². The van der Waals surface area contributed by atoms with E-state index in [1.54, 1.807) is 6.92 Å². The second-order valence-electron chi connectivity index (χ2n) is 7.39. The molecule has 1 amide bonds. The molecule has 3 N–H and O–H groups in total. The van der Waals surface area contributed by atoms with Crippen LogP contribution < -0.4 is 20.1 Å². The molecule has 2 rings (SSSR count). The van der Waals surface area contributed by atoms with Gasteiger partial charge in [0.05, 0.1) is 11.6 Å². The maximum Gasteiger partial charge on any atom is 0.419 e. The molecule has 0 aliphatic carbocycles. The molecule has 6 nitrogen and oxygen atoms in total. The van der Waals surface area contributed by atoms with Gasteiger partial charge < -0.3 is 10.2 Å². The lowest BCUT2D eigenvalue weighted by Crippen LogP contribution is -3.16. The van der Waals surface area contributed by atoms with Gasteiger partial charge in [0.2, 0.25) is 0 Å². The summed E-state index contributed by atoms with van der Waals surface area (Å²) in [5, 5.41) is 12.1. The largest absolute Gasteiger partial charge is 0.419 e. The number of rotatable bonds is 5. The SMILES string of the molecule is CC(C)[C@@](C)(C#N)NC(=O)C[NH+]1CCN(c2ccc(C(F)(F)F)c[nH+]2)CC1. The molecule has 1 aliphatic rings. The first-order valence-corrected chi connectivity index (χ1v) is 8.95. The number of amides is 1. The van der Waals surface area contributed by atoms with Crippen LogP contribution in [0.3, 0.4) is 0 Å². The van der Waals surface area contributed by atoms with Crippen molar-refractivity contribution in [1.82, 2.24) is 5.32 Å². The smallest absolute Gasteiger partial charge is 0.333 e. The van der Waals surface area contributed by atoms with Gasteiger partial charge in [-0.05, 0) is 18.9 Å². The number of aromatic nitrogens is 1. The second-order valence-corrected chi connectivity index (χ2v) is 7.39. The van der Waals surface area contributed by atoms with Gasteiger partial charge in [-0.3, -0.25) is 9.69 Å². The summed E-state index contributed by atoms with van der Waals surface area (Å²) in [6.45, 7) is 8.39. The van der Waals surface area contributed by atoms with Gasteiger partial charge >= 0.3 is 6.18 Å². The third-order valence-corrected chi connectivity index (χ3v) is 5.13. The van der Waals surface area contributed by atoms with Gasteiger partial charge in [0, 0.05) is 6.07 Å². The Morgan fingerprint density at radius 2 is 2.00 bits per heavy atom. The first kappa shape index (κ1) is 21.0. The van der Waals surface area contributed by atoms with E-state index >= 15 is 0 Å². The zero-order valence-corrected chi connectivity index (χ0v) is 15.8. The van der Waals surface area contributed by atoms with Crippen LogP contribution in [0.1, 0.15) is 26.3 Å². The molecule has 1 fully saturated rings. The molecule has 0 unspecified atom stereocenters. The fraction of sp³-hybridized carbons (Fsp3) is 0.611. The third kappa shape index (κ3) is 5.32. The zero-order valence-electron chi connectivity index (χ0n) is 15.8. The van der Waals surface area contributed by atoms with Crippen molar-refractivity contribution in [1.29, 1.82) is 5.26 Å². The van der Waals surface area contributed by atoms with Crippen molar-refractivity contribution in [3.05, 3.63) is 23.9 Å². The highest BCUT2D eigenvalue weighted by molar-refractivity contribution is 5.78. The zero-order chi connectivity index (χ0) is 20.2. The molecule has 1 aliphatic heterocycles. The van der Waals surface area contributed by atoms with Gasteiger partial charge in [0.15, 0.2) is 6.54 Å². The standard InChI is InChI=1S/C18H24F3N5O/c1-13(2)17(3,12-22)24-16(27)11-25-6-8-26(9-7-25)15-5-4-14(10-23-15)18(19,20)21/h4-5,10,13H,6-9,11H2,1-3H3,(H,24,27)/p+2/t17-/m1/s1. The normalized spacial score (nSPS) is 18.1. The van der Waals surface area contributed by atoms with E-state index in [1.165, 1.54) is 6.07 Å². The van der Waals surface area contributed by atoms with Crippen LogP contribution in [-0.4, -0.2) is 44.2 Å². The third-order valence-electron chi connectivity index (χ3n) is 5.13. The van der Waals surface area contributed by atoms with Crippen LogP contribution in [-0.2, 0) is 11.0 Å². The molecule has 1 aromatic rings. The lowest BCUT2D eigenvalue weighted by molar-refractivity contribution is -0.892. The number of piperazine rings is 1. The van der Waals surface area contributed by atoms with E-state index in [1.807, 2.05) is 18.7 Å². The summed E-state index contributed by atoms with van der Waals surface area (Å²) < 4.78 is 37.9. The number of hydrogen-bond acceptors (Lipinski definition) is 3. The van der Waals surface area contributed by atoms with Gasteiger partial charge in [-0.25, -0.2) is 4.98 Å². The van der Waals surface area contributed by atoms with E-state index in [9.17, 15) is 23.2 Å². The predicted molar refractivity (Wildman–Crippen MR) is 92.8 cm³/mol. The minimum absolute atomic E-state index is 0.00601. The second kappa shape index (κ2) is 8.13. The Kier molecular flexibility index (Phi) is 6.31. The van der Waals surface area contributed by atoms with Crippen LogP contribution in [0.4, 0.5) is 19.0 Å². The molecule has 1 atom stereocenters. The highest BCUT2D eigenvalue weighted by Crippen LogP contribution is 2.28. The van der Waals surface area contributed by atoms with Gasteiger partial charge in [0.1, 0.15) is 37.9 Å². The number of pyridine rings is 1. The van der Waals surface area contributed by atoms with Gasteiger partial charge in [0.25, 0.3) is 11.7 Å². The number of carbonyl (C=O) groups excluding carboxylic acids is 1. The molecule has 0 radical (unpaired) electrons. The Morgan fingerprint density at radius 3 is 2.44 bits per heavy atom. The molecule has 0 saturated carbocycles. The van der Waals surface area contributed by atoms with Gasteiger partial charge in [-0.2, -0.15) is 18.4 Å². The van der Waals surface area contributed by atoms with E-state index in [0.717, 1.165) is 17.2 Å². The van der Waals surface area contributed by atoms with Crippen molar-refractivity contribution in [3.63, 3.8) is 0 Å². The first-order valence-electron chi connectivity index (χ1n) is 8.95. The summed E-state index contributed by atoms with van der Waals surface area (Å²) in [5.74, 6) is 0.453. The number of quaternary nitrogens is 1. The summed E-state index contributed by atoms with van der Waals surface area (Å²) in [5.41, 5.74) is -1.61. The maximum atomic E-state index is 12.6. The quantitative estimate of drug-likeness (QED) is 0.765. The first-order chi connectivity index (χ1) is 12.5. The molecule has 27 heavy (non-hydrogen) atoms. The van der Waals surface area contributed by atoms with Gasteiger partial charge in [-0.1, -0.05) is 13.8 Å². The highest BCUT2D eigenvalue weighted by Gasteiger charge is 2.34. The monoisotopic (exact) mass is 385 g/mol. The summed E-state index contributed by atoms with van der Waals surface area (Å²) >= 11 is 0. The topological polar surface area (TPSA) is 74.7 Å². The average molecular weight is 385 g/mol.